The van der Waals surface area contributed by atoms with Gasteiger partial charge in [0.15, 0.2) is 0 Å². The number of hydrogen-bond acceptors (Lipinski definition) is 4. The average molecular weight is 353 g/mol. The summed E-state index contributed by atoms with van der Waals surface area (Å²) in [4.78, 5) is 12.1. The first-order chi connectivity index (χ1) is 12.3. The summed E-state index contributed by atoms with van der Waals surface area (Å²) < 4.78 is 0. The summed E-state index contributed by atoms with van der Waals surface area (Å²) in [5.74, 6) is 3.16. The van der Waals surface area contributed by atoms with Gasteiger partial charge in [0, 0.05) is 30.1 Å². The Labute approximate surface area is 158 Å². The van der Waals surface area contributed by atoms with Crippen LogP contribution in [0.1, 0.15) is 70.8 Å². The Morgan fingerprint density at radius 1 is 1.12 bits per heavy atom. The summed E-state index contributed by atoms with van der Waals surface area (Å²) in [6, 6.07) is 11.3. The number of nitrogens with one attached hydrogen (secondary N) is 1. The van der Waals surface area contributed by atoms with Crippen LogP contribution >= 0.6 is 0 Å². The highest BCUT2D eigenvalue weighted by molar-refractivity contribution is 5.54. The van der Waals surface area contributed by atoms with Crippen LogP contribution < -0.4 is 10.2 Å². The van der Waals surface area contributed by atoms with Crippen LogP contribution in [0.2, 0.25) is 0 Å². The van der Waals surface area contributed by atoms with Gasteiger partial charge < -0.3 is 10.2 Å². The average Bonchev–Trinajstić information content (AvgIpc) is 2.59. The first-order valence-corrected chi connectivity index (χ1v) is 9.80. The summed E-state index contributed by atoms with van der Waals surface area (Å²) in [6.45, 7) is 14.2. The first kappa shape index (κ1) is 18.7. The molecule has 1 atom stereocenters. The van der Waals surface area contributed by atoms with Gasteiger partial charge in [-0.05, 0) is 44.7 Å². The molecule has 0 saturated carbocycles. The van der Waals surface area contributed by atoms with E-state index in [4.69, 9.17) is 9.97 Å². The van der Waals surface area contributed by atoms with Crippen LogP contribution in [0, 0.1) is 0 Å². The van der Waals surface area contributed by atoms with Crippen molar-refractivity contribution in [3.8, 4) is 0 Å². The Hall–Kier alpha value is -2.10. The smallest absolute Gasteiger partial charge is 0.135 e. The molecule has 0 fully saturated rings. The molecule has 4 heteroatoms. The topological polar surface area (TPSA) is 41.0 Å². The van der Waals surface area contributed by atoms with E-state index in [0.717, 1.165) is 36.8 Å². The lowest BCUT2D eigenvalue weighted by molar-refractivity contribution is 0.426. The van der Waals surface area contributed by atoms with Gasteiger partial charge in [-0.15, -0.1) is 0 Å². The maximum absolute atomic E-state index is 4.93. The Morgan fingerprint density at radius 2 is 1.81 bits per heavy atom. The molecule has 0 bridgehead atoms. The number of anilines is 2. The number of hydrogen-bond donors (Lipinski definition) is 1. The predicted octanol–water partition coefficient (Wildman–Crippen LogP) is 5.15. The van der Waals surface area contributed by atoms with E-state index in [9.17, 15) is 0 Å². The van der Waals surface area contributed by atoms with Crippen LogP contribution in [-0.2, 0) is 13.0 Å². The predicted molar refractivity (Wildman–Crippen MR) is 110 cm³/mol. The molecule has 2 aromatic rings. The zero-order valence-electron chi connectivity index (χ0n) is 17.0. The molecule has 4 nitrogen and oxygen atoms in total. The maximum Gasteiger partial charge on any atom is 0.135 e. The highest BCUT2D eigenvalue weighted by atomic mass is 15.3. The number of aromatic nitrogens is 2. The van der Waals surface area contributed by atoms with Gasteiger partial charge in [0.1, 0.15) is 17.5 Å². The van der Waals surface area contributed by atoms with Crippen LogP contribution in [0.15, 0.2) is 30.3 Å². The van der Waals surface area contributed by atoms with E-state index in [1.165, 1.54) is 11.1 Å². The van der Waals surface area contributed by atoms with E-state index < -0.39 is 0 Å². The molecule has 1 aromatic carbocycles. The third-order valence-electron chi connectivity index (χ3n) is 5.33. The van der Waals surface area contributed by atoms with Crippen molar-refractivity contribution in [2.45, 2.75) is 78.4 Å². The third-order valence-corrected chi connectivity index (χ3v) is 5.33. The second-order valence-corrected chi connectivity index (χ2v) is 8.42. The first-order valence-electron chi connectivity index (χ1n) is 9.80. The van der Waals surface area contributed by atoms with Gasteiger partial charge in [-0.2, -0.15) is 0 Å². The molecule has 0 saturated heterocycles. The highest BCUT2D eigenvalue weighted by Crippen LogP contribution is 2.35. The van der Waals surface area contributed by atoms with Crippen LogP contribution in [-0.4, -0.2) is 21.5 Å². The molecule has 0 radical (unpaired) electrons. The molecule has 1 aliphatic rings. The third kappa shape index (κ3) is 3.84. The highest BCUT2D eigenvalue weighted by Gasteiger charge is 2.34. The van der Waals surface area contributed by atoms with Crippen molar-refractivity contribution >= 4 is 11.6 Å². The number of rotatable bonds is 5. The molecular weight excluding hydrogens is 320 g/mol. The molecule has 2 heterocycles. The molecule has 1 aliphatic heterocycles. The van der Waals surface area contributed by atoms with E-state index in [0.29, 0.717) is 12.0 Å². The van der Waals surface area contributed by atoms with Crippen LogP contribution in [0.3, 0.4) is 0 Å². The number of benzene rings is 1. The zero-order valence-corrected chi connectivity index (χ0v) is 17.0. The molecule has 3 rings (SSSR count). The van der Waals surface area contributed by atoms with Crippen molar-refractivity contribution in [2.75, 3.05) is 10.2 Å². The van der Waals surface area contributed by atoms with Crippen LogP contribution in [0.4, 0.5) is 11.6 Å². The quantitative estimate of drug-likeness (QED) is 0.808. The second kappa shape index (κ2) is 7.26. The summed E-state index contributed by atoms with van der Waals surface area (Å²) in [5.41, 5.74) is 2.86. The fraction of sp³-hybridized carbons (Fsp3) is 0.545. The number of fused-ring (bicyclic) bond motifs is 1. The lowest BCUT2D eigenvalue weighted by Crippen LogP contribution is -2.49. The van der Waals surface area contributed by atoms with Gasteiger partial charge >= 0.3 is 0 Å². The van der Waals surface area contributed by atoms with E-state index in [-0.39, 0.29) is 5.54 Å². The molecule has 1 aromatic heterocycles. The lowest BCUT2D eigenvalue weighted by atomic mass is 9.85. The maximum atomic E-state index is 4.93. The Balaban J connectivity index is 2.01. The Bertz CT molecular complexity index is 766. The zero-order chi connectivity index (χ0) is 18.9. The molecule has 0 spiro atoms. The minimum atomic E-state index is 0.0185. The van der Waals surface area contributed by atoms with Gasteiger partial charge in [0.2, 0.25) is 0 Å². The standard InChI is InChI=1S/C22H32N4/c1-7-16(4)23-19-12-20(25-21(24-19)15(2)3)26-14-18-11-9-8-10-17(18)13-22(26,5)6/h8-12,15-16H,7,13-14H2,1-6H3,(H,23,24,25)/t16-/m0/s1. The Kier molecular flexibility index (Phi) is 5.22. The minimum Gasteiger partial charge on any atom is -0.367 e. The fourth-order valence-corrected chi connectivity index (χ4v) is 3.50. The normalized spacial score (nSPS) is 17.1. The summed E-state index contributed by atoms with van der Waals surface area (Å²) in [5, 5.41) is 3.54. The van der Waals surface area contributed by atoms with Crippen LogP contribution in [0.25, 0.3) is 0 Å². The van der Waals surface area contributed by atoms with E-state index >= 15 is 0 Å². The van der Waals surface area contributed by atoms with Gasteiger partial charge in [0.25, 0.3) is 0 Å². The van der Waals surface area contributed by atoms with Crippen molar-refractivity contribution in [3.05, 3.63) is 47.3 Å². The van der Waals surface area contributed by atoms with Gasteiger partial charge in [-0.25, -0.2) is 9.97 Å². The van der Waals surface area contributed by atoms with Crippen molar-refractivity contribution in [2.24, 2.45) is 0 Å². The molecular formula is C22H32N4. The summed E-state index contributed by atoms with van der Waals surface area (Å²) >= 11 is 0. The van der Waals surface area contributed by atoms with Crippen LogP contribution in [0.5, 0.6) is 0 Å². The molecule has 140 valence electrons. The lowest BCUT2D eigenvalue weighted by Gasteiger charge is -2.44. The molecule has 0 aliphatic carbocycles. The molecule has 0 unspecified atom stereocenters. The number of nitrogens with zero attached hydrogens (tertiary/aromatic N) is 3. The molecule has 0 amide bonds. The summed E-state index contributed by atoms with van der Waals surface area (Å²) in [7, 11) is 0. The molecule has 26 heavy (non-hydrogen) atoms. The van der Waals surface area contributed by atoms with Crippen molar-refractivity contribution in [3.63, 3.8) is 0 Å². The van der Waals surface area contributed by atoms with E-state index in [1.54, 1.807) is 0 Å². The van der Waals surface area contributed by atoms with E-state index in [2.05, 4.69) is 82.1 Å². The van der Waals surface area contributed by atoms with Gasteiger partial charge in [-0.3, -0.25) is 0 Å². The minimum absolute atomic E-state index is 0.0185. The Morgan fingerprint density at radius 3 is 2.46 bits per heavy atom. The van der Waals surface area contributed by atoms with Gasteiger partial charge in [0.05, 0.1) is 0 Å². The van der Waals surface area contributed by atoms with Crippen molar-refractivity contribution in [1.82, 2.24) is 9.97 Å². The van der Waals surface area contributed by atoms with Crippen molar-refractivity contribution in [1.29, 1.82) is 0 Å². The summed E-state index contributed by atoms with van der Waals surface area (Å²) in [6.07, 6.45) is 2.09. The van der Waals surface area contributed by atoms with Gasteiger partial charge in [-0.1, -0.05) is 45.0 Å². The molecule has 1 N–H and O–H groups in total. The fourth-order valence-electron chi connectivity index (χ4n) is 3.50. The largest absolute Gasteiger partial charge is 0.367 e. The monoisotopic (exact) mass is 352 g/mol. The SMILES string of the molecule is CC[C@H](C)Nc1cc(N2Cc3ccccc3CC2(C)C)nc(C(C)C)n1. The second-order valence-electron chi connectivity index (χ2n) is 8.42. The van der Waals surface area contributed by atoms with Crippen molar-refractivity contribution < 1.29 is 0 Å². The van der Waals surface area contributed by atoms with E-state index in [1.807, 2.05) is 0 Å².